The standard InChI is InChI=1S/C7H8BrNO2/c8-6-2-1-3-7(11)9(6)4-5-10/h1-3,10H,4-5H2. The van der Waals surface area contributed by atoms with Gasteiger partial charge in [-0.15, -0.1) is 0 Å². The molecule has 0 bridgehead atoms. The minimum absolute atomic E-state index is 0.0253. The van der Waals surface area contributed by atoms with Crippen molar-refractivity contribution < 1.29 is 5.11 Å². The zero-order valence-electron chi connectivity index (χ0n) is 5.83. The van der Waals surface area contributed by atoms with Crippen molar-refractivity contribution in [2.75, 3.05) is 6.61 Å². The van der Waals surface area contributed by atoms with E-state index in [-0.39, 0.29) is 12.2 Å². The lowest BCUT2D eigenvalue weighted by Crippen LogP contribution is -2.20. The number of rotatable bonds is 2. The molecule has 0 radical (unpaired) electrons. The van der Waals surface area contributed by atoms with Gasteiger partial charge in [0.15, 0.2) is 0 Å². The van der Waals surface area contributed by atoms with E-state index in [4.69, 9.17) is 5.11 Å². The number of pyridine rings is 1. The van der Waals surface area contributed by atoms with Gasteiger partial charge < -0.3 is 9.67 Å². The largest absolute Gasteiger partial charge is 0.395 e. The highest BCUT2D eigenvalue weighted by molar-refractivity contribution is 9.10. The average molecular weight is 218 g/mol. The molecule has 0 aliphatic rings. The summed E-state index contributed by atoms with van der Waals surface area (Å²) in [5.74, 6) is 0. The zero-order valence-corrected chi connectivity index (χ0v) is 7.41. The van der Waals surface area contributed by atoms with Crippen molar-refractivity contribution >= 4 is 15.9 Å². The van der Waals surface area contributed by atoms with E-state index in [0.29, 0.717) is 11.1 Å². The maximum absolute atomic E-state index is 11.1. The highest BCUT2D eigenvalue weighted by atomic mass is 79.9. The number of aliphatic hydroxyl groups is 1. The number of halogens is 1. The van der Waals surface area contributed by atoms with Crippen LogP contribution in [0, 0.1) is 0 Å². The summed E-state index contributed by atoms with van der Waals surface area (Å²) in [6.07, 6.45) is 0. The molecule has 3 nitrogen and oxygen atoms in total. The van der Waals surface area contributed by atoms with Gasteiger partial charge in [-0.25, -0.2) is 0 Å². The Labute approximate surface area is 72.4 Å². The molecule has 0 atom stereocenters. The topological polar surface area (TPSA) is 42.2 Å². The number of hydrogen-bond acceptors (Lipinski definition) is 2. The van der Waals surface area contributed by atoms with Gasteiger partial charge in [0.1, 0.15) is 0 Å². The summed E-state index contributed by atoms with van der Waals surface area (Å²) < 4.78 is 2.15. The molecule has 11 heavy (non-hydrogen) atoms. The fourth-order valence-electron chi connectivity index (χ4n) is 0.812. The molecule has 0 saturated heterocycles. The summed E-state index contributed by atoms with van der Waals surface area (Å²) in [7, 11) is 0. The van der Waals surface area contributed by atoms with E-state index in [2.05, 4.69) is 15.9 Å². The predicted molar refractivity (Wildman–Crippen MR) is 45.5 cm³/mol. The van der Waals surface area contributed by atoms with Gasteiger partial charge in [-0.05, 0) is 22.0 Å². The molecule has 1 aromatic heterocycles. The van der Waals surface area contributed by atoms with Gasteiger partial charge in [-0.1, -0.05) is 6.07 Å². The van der Waals surface area contributed by atoms with Gasteiger partial charge in [0.2, 0.25) is 0 Å². The van der Waals surface area contributed by atoms with Crippen LogP contribution in [-0.2, 0) is 6.54 Å². The van der Waals surface area contributed by atoms with Crippen molar-refractivity contribution in [1.29, 1.82) is 0 Å². The van der Waals surface area contributed by atoms with Crippen LogP contribution in [0.3, 0.4) is 0 Å². The molecule has 0 amide bonds. The summed E-state index contributed by atoms with van der Waals surface area (Å²) in [6.45, 7) is 0.308. The highest BCUT2D eigenvalue weighted by Gasteiger charge is 1.97. The number of hydrogen-bond donors (Lipinski definition) is 1. The minimum Gasteiger partial charge on any atom is -0.395 e. The Morgan fingerprint density at radius 1 is 1.55 bits per heavy atom. The van der Waals surface area contributed by atoms with Gasteiger partial charge in [0, 0.05) is 12.6 Å². The van der Waals surface area contributed by atoms with Crippen molar-refractivity contribution in [3.8, 4) is 0 Å². The minimum atomic E-state index is -0.103. The third kappa shape index (κ3) is 1.91. The van der Waals surface area contributed by atoms with E-state index in [1.807, 2.05) is 0 Å². The molecule has 0 unspecified atom stereocenters. The first-order valence-corrected chi connectivity index (χ1v) is 4.01. The average Bonchev–Trinajstić information content (AvgIpc) is 1.97. The Morgan fingerprint density at radius 3 is 2.82 bits per heavy atom. The highest BCUT2D eigenvalue weighted by Crippen LogP contribution is 2.04. The first-order chi connectivity index (χ1) is 5.25. The van der Waals surface area contributed by atoms with Crippen LogP contribution in [0.2, 0.25) is 0 Å². The lowest BCUT2D eigenvalue weighted by atomic mass is 10.5. The summed E-state index contributed by atoms with van der Waals surface area (Å²) in [5.41, 5.74) is -0.103. The lowest BCUT2D eigenvalue weighted by Gasteiger charge is -2.04. The maximum Gasteiger partial charge on any atom is 0.251 e. The van der Waals surface area contributed by atoms with Crippen molar-refractivity contribution in [3.05, 3.63) is 33.2 Å². The smallest absolute Gasteiger partial charge is 0.251 e. The number of aliphatic hydroxyl groups excluding tert-OH is 1. The molecular weight excluding hydrogens is 210 g/mol. The second-order valence-corrected chi connectivity index (χ2v) is 2.87. The third-order valence-corrected chi connectivity index (χ3v) is 2.01. The fourth-order valence-corrected chi connectivity index (χ4v) is 1.32. The first kappa shape index (κ1) is 8.49. The quantitative estimate of drug-likeness (QED) is 0.738. The van der Waals surface area contributed by atoms with Crippen LogP contribution in [0.25, 0.3) is 0 Å². The van der Waals surface area contributed by atoms with Crippen LogP contribution in [-0.4, -0.2) is 16.3 Å². The number of nitrogens with zero attached hydrogens (tertiary/aromatic N) is 1. The predicted octanol–water partition coefficient (Wildman–Crippen LogP) is 0.603. The first-order valence-electron chi connectivity index (χ1n) is 3.22. The monoisotopic (exact) mass is 217 g/mol. The molecule has 0 spiro atoms. The Kier molecular flexibility index (Phi) is 2.84. The second-order valence-electron chi connectivity index (χ2n) is 2.06. The summed E-state index contributed by atoms with van der Waals surface area (Å²) in [5, 5.41) is 8.59. The normalized spacial score (nSPS) is 10.0. The summed E-state index contributed by atoms with van der Waals surface area (Å²) in [4.78, 5) is 11.1. The van der Waals surface area contributed by atoms with Gasteiger partial charge in [0.25, 0.3) is 5.56 Å². The Morgan fingerprint density at radius 2 is 2.27 bits per heavy atom. The molecule has 0 aliphatic heterocycles. The molecule has 1 heterocycles. The Hall–Kier alpha value is -0.610. The SMILES string of the molecule is O=c1cccc(Br)n1CCO. The van der Waals surface area contributed by atoms with Crippen molar-refractivity contribution in [2.24, 2.45) is 0 Å². The molecule has 0 aromatic carbocycles. The van der Waals surface area contributed by atoms with E-state index < -0.39 is 0 Å². The van der Waals surface area contributed by atoms with Gasteiger partial charge in [-0.3, -0.25) is 4.79 Å². The van der Waals surface area contributed by atoms with E-state index in [1.54, 1.807) is 12.1 Å². The number of aromatic nitrogens is 1. The molecule has 1 rings (SSSR count). The van der Waals surface area contributed by atoms with Crippen molar-refractivity contribution in [1.82, 2.24) is 4.57 Å². The molecular formula is C7H8BrNO2. The second kappa shape index (κ2) is 3.69. The molecule has 1 N–H and O–H groups in total. The van der Waals surface area contributed by atoms with Crippen LogP contribution >= 0.6 is 15.9 Å². The Bertz CT molecular complexity index is 295. The maximum atomic E-state index is 11.1. The van der Waals surface area contributed by atoms with Gasteiger partial charge in [0.05, 0.1) is 11.2 Å². The van der Waals surface area contributed by atoms with Crippen LogP contribution in [0.4, 0.5) is 0 Å². The molecule has 0 saturated carbocycles. The van der Waals surface area contributed by atoms with Gasteiger partial charge >= 0.3 is 0 Å². The third-order valence-electron chi connectivity index (χ3n) is 1.32. The summed E-state index contributed by atoms with van der Waals surface area (Å²) in [6, 6.07) is 4.89. The Balaban J connectivity index is 3.10. The summed E-state index contributed by atoms with van der Waals surface area (Å²) >= 11 is 3.20. The van der Waals surface area contributed by atoms with Crippen LogP contribution in [0.5, 0.6) is 0 Å². The zero-order chi connectivity index (χ0) is 8.27. The fraction of sp³-hybridized carbons (Fsp3) is 0.286. The molecule has 0 aliphatic carbocycles. The van der Waals surface area contributed by atoms with E-state index in [9.17, 15) is 4.79 Å². The van der Waals surface area contributed by atoms with Gasteiger partial charge in [-0.2, -0.15) is 0 Å². The van der Waals surface area contributed by atoms with Crippen LogP contribution < -0.4 is 5.56 Å². The lowest BCUT2D eigenvalue weighted by molar-refractivity contribution is 0.273. The molecule has 4 heteroatoms. The van der Waals surface area contributed by atoms with E-state index >= 15 is 0 Å². The molecule has 0 fully saturated rings. The van der Waals surface area contributed by atoms with E-state index in [0.717, 1.165) is 0 Å². The van der Waals surface area contributed by atoms with Crippen LogP contribution in [0.1, 0.15) is 0 Å². The van der Waals surface area contributed by atoms with Crippen LogP contribution in [0.15, 0.2) is 27.6 Å². The molecule has 60 valence electrons. The molecule has 1 aromatic rings. The van der Waals surface area contributed by atoms with E-state index in [1.165, 1.54) is 10.6 Å². The van der Waals surface area contributed by atoms with Crippen molar-refractivity contribution in [3.63, 3.8) is 0 Å². The van der Waals surface area contributed by atoms with Crippen molar-refractivity contribution in [2.45, 2.75) is 6.54 Å².